The van der Waals surface area contributed by atoms with E-state index in [0.717, 1.165) is 158 Å². The van der Waals surface area contributed by atoms with E-state index in [4.69, 9.17) is 56.6 Å². The maximum atomic E-state index is 12.0. The summed E-state index contributed by atoms with van der Waals surface area (Å²) >= 11 is 6.20. The van der Waals surface area contributed by atoms with Gasteiger partial charge < -0.3 is 65.4 Å². The third kappa shape index (κ3) is 17.5. The molecular weight excluding hydrogens is 1070 g/mol. The van der Waals surface area contributed by atoms with Crippen LogP contribution in [0.1, 0.15) is 103 Å². The number of amides is 1. The minimum Gasteiger partial charge on any atom is -0.474 e. The van der Waals surface area contributed by atoms with Crippen LogP contribution in [0.4, 0.5) is 33.5 Å². The molecule has 5 aliphatic rings. The van der Waals surface area contributed by atoms with Crippen molar-refractivity contribution in [3.05, 3.63) is 102 Å². The number of hydrogen-bond acceptors (Lipinski definition) is 19. The Hall–Kier alpha value is -7.08. The third-order valence-corrected chi connectivity index (χ3v) is 14.7. The van der Waals surface area contributed by atoms with Gasteiger partial charge in [-0.25, -0.2) is 9.48 Å². The van der Waals surface area contributed by atoms with Gasteiger partial charge in [0.15, 0.2) is 17.5 Å². The molecule has 7 heterocycles. The molecule has 23 heteroatoms. The number of nitrogens with one attached hydrogen (secondary N) is 3. The van der Waals surface area contributed by atoms with Crippen molar-refractivity contribution < 1.29 is 38.3 Å². The Morgan fingerprint density at radius 1 is 0.732 bits per heavy atom. The summed E-state index contributed by atoms with van der Waals surface area (Å²) in [6.45, 7) is 13.4. The maximum absolute atomic E-state index is 12.0. The smallest absolute Gasteiger partial charge is 0.407 e. The summed E-state index contributed by atoms with van der Waals surface area (Å²) in [4.78, 5) is 34.5. The zero-order valence-corrected chi connectivity index (χ0v) is 48.0. The average Bonchev–Trinajstić information content (AvgIpc) is 4.37. The number of carbonyl (C=O) groups is 1. The highest BCUT2D eigenvalue weighted by Gasteiger charge is 2.29. The molecule has 5 fully saturated rings. The molecule has 3 saturated heterocycles. The molecule has 440 valence electrons. The summed E-state index contributed by atoms with van der Waals surface area (Å²) in [5.74, 6) is 1.48. The van der Waals surface area contributed by atoms with Crippen molar-refractivity contribution in [3.63, 3.8) is 0 Å². The lowest BCUT2D eigenvalue weighted by atomic mass is 9.93. The van der Waals surface area contributed by atoms with Crippen LogP contribution >= 0.6 is 11.6 Å². The summed E-state index contributed by atoms with van der Waals surface area (Å²) in [7, 11) is 0. The molecule has 82 heavy (non-hydrogen) atoms. The van der Waals surface area contributed by atoms with Crippen LogP contribution in [-0.4, -0.2) is 140 Å². The van der Waals surface area contributed by atoms with Gasteiger partial charge in [0.05, 0.1) is 45.4 Å². The van der Waals surface area contributed by atoms with Gasteiger partial charge in [0.25, 0.3) is 0 Å². The van der Waals surface area contributed by atoms with Crippen LogP contribution in [0.5, 0.6) is 11.8 Å². The molecule has 1 amide bonds. The molecule has 0 bridgehead atoms. The number of alkyl carbamates (subject to hydrolysis) is 1. The predicted molar refractivity (Wildman–Crippen MR) is 317 cm³/mol. The molecule has 1 atom stereocenters. The number of benzene rings is 3. The summed E-state index contributed by atoms with van der Waals surface area (Å²) in [6.07, 6.45) is 13.1. The van der Waals surface area contributed by atoms with Gasteiger partial charge in [-0.2, -0.15) is 30.1 Å². The van der Waals surface area contributed by atoms with Gasteiger partial charge >= 0.3 is 6.09 Å². The Bertz CT molecular complexity index is 3040. The van der Waals surface area contributed by atoms with E-state index in [0.29, 0.717) is 29.0 Å². The first-order chi connectivity index (χ1) is 39.8. The lowest BCUT2D eigenvalue weighted by Gasteiger charge is -2.30. The second-order valence-corrected chi connectivity index (χ2v) is 22.3. The van der Waals surface area contributed by atoms with E-state index in [2.05, 4.69) is 79.9 Å². The van der Waals surface area contributed by atoms with E-state index in [1.54, 1.807) is 17.1 Å². The van der Waals surface area contributed by atoms with E-state index in [-0.39, 0.29) is 48.5 Å². The summed E-state index contributed by atoms with van der Waals surface area (Å²) in [5, 5.41) is 27.9. The maximum Gasteiger partial charge on any atom is 0.407 e. The number of carbonyl (C=O) groups excluding carboxylic acids is 1. The first-order valence-corrected chi connectivity index (χ1v) is 29.0. The molecule has 2 aliphatic carbocycles. The average molecular weight is 1150 g/mol. The second kappa shape index (κ2) is 29.3. The van der Waals surface area contributed by atoms with Crippen LogP contribution in [-0.2, 0) is 25.6 Å². The van der Waals surface area contributed by atoms with E-state index in [9.17, 15) is 4.79 Å². The van der Waals surface area contributed by atoms with E-state index in [1.165, 1.54) is 11.4 Å². The number of hydrogen-bond donors (Lipinski definition) is 6. The molecule has 3 aliphatic heterocycles. The number of aromatic amines is 1. The number of rotatable bonds is 11. The molecule has 1 unspecified atom stereocenters. The zero-order valence-electron chi connectivity index (χ0n) is 47.3. The van der Waals surface area contributed by atoms with Crippen molar-refractivity contribution in [1.82, 2.24) is 45.2 Å². The molecule has 0 spiro atoms. The van der Waals surface area contributed by atoms with Crippen LogP contribution in [0.25, 0.3) is 22.1 Å². The van der Waals surface area contributed by atoms with Crippen molar-refractivity contribution in [2.24, 2.45) is 5.73 Å². The van der Waals surface area contributed by atoms with Gasteiger partial charge in [0.2, 0.25) is 23.0 Å². The fourth-order valence-electron chi connectivity index (χ4n) is 10.2. The van der Waals surface area contributed by atoms with Crippen LogP contribution in [0.2, 0.25) is 5.28 Å². The van der Waals surface area contributed by atoms with Crippen molar-refractivity contribution in [1.29, 1.82) is 0 Å². The van der Waals surface area contributed by atoms with E-state index >= 15 is 0 Å². The first kappa shape index (κ1) is 59.5. The zero-order chi connectivity index (χ0) is 57.3. The second-order valence-electron chi connectivity index (χ2n) is 21.9. The molecular formula is C59H79ClN14O8. The number of anilines is 5. The summed E-state index contributed by atoms with van der Waals surface area (Å²) in [5.41, 5.74) is 17.5. The highest BCUT2D eigenvalue weighted by atomic mass is 35.5. The predicted octanol–water partition coefficient (Wildman–Crippen LogP) is 9.26. The minimum atomic E-state index is -0.505. The minimum absolute atomic E-state index is 0.0138. The Morgan fingerprint density at radius 2 is 1.34 bits per heavy atom. The van der Waals surface area contributed by atoms with E-state index < -0.39 is 5.60 Å². The molecule has 12 rings (SSSR count). The monoisotopic (exact) mass is 1150 g/mol. The molecule has 22 nitrogen and oxygen atoms in total. The lowest BCUT2D eigenvalue weighted by Crippen LogP contribution is -2.42. The number of H-pyrrole nitrogens is 1. The van der Waals surface area contributed by atoms with Crippen molar-refractivity contribution >= 4 is 68.5 Å². The van der Waals surface area contributed by atoms with Gasteiger partial charge in [-0.3, -0.25) is 5.10 Å². The van der Waals surface area contributed by atoms with Gasteiger partial charge in [-0.1, -0.05) is 30.3 Å². The third-order valence-electron chi connectivity index (χ3n) is 14.6. The van der Waals surface area contributed by atoms with Crippen molar-refractivity contribution in [2.45, 2.75) is 134 Å². The number of nitrogens with two attached hydrogens (primary N) is 2. The number of halogens is 1. The number of nitrogens with zero attached hydrogens (tertiary/aromatic N) is 9. The number of morpholine rings is 2. The van der Waals surface area contributed by atoms with Crippen LogP contribution < -0.4 is 41.4 Å². The van der Waals surface area contributed by atoms with Crippen LogP contribution in [0, 0.1) is 0 Å². The standard InChI is InChI=1S/C21H30ClN5O4.C21H27N7O2.C10H14N2O.C7H8O/c1-21(2,3)31-20(28)24-13-7-9-14(10-8-13)30-18-15-12-23-27(16-6-4-5-11-29-16)17(15)25-19(22)26-18;22-14-1-7-17(8-2-14)30-20-18-13-23-27-19(18)25-21(26-20)24-15-3-5-16(6-4-15)28-9-11-29-12-10-28;11-9-1-3-10(4-2-9)12-5-7-13-8-6-12;8-6-7-4-2-1-3-5-7/h12-14,16H,4-11H2,1-3H3,(H,24,28);3-6,13-14,17H,1-2,7-12,22H2,(H2,23,24,25,26,27);1-4H,5-8,11H2;1-5,8H,6H2. The molecule has 0 radical (unpaired) electrons. The van der Waals surface area contributed by atoms with Gasteiger partial charge in [-0.15, -0.1) is 0 Å². The Morgan fingerprint density at radius 3 is 1.93 bits per heavy atom. The number of aromatic nitrogens is 8. The molecule has 7 aromatic rings. The van der Waals surface area contributed by atoms with Crippen LogP contribution in [0.15, 0.2) is 91.3 Å². The highest BCUT2D eigenvalue weighted by Crippen LogP contribution is 2.33. The normalized spacial score (nSPS) is 21.1. The summed E-state index contributed by atoms with van der Waals surface area (Å²) < 4.78 is 36.1. The molecule has 4 aromatic heterocycles. The Balaban J connectivity index is 0.000000147. The van der Waals surface area contributed by atoms with Gasteiger partial charge in [0.1, 0.15) is 28.6 Å². The van der Waals surface area contributed by atoms with Gasteiger partial charge in [-0.05, 0) is 157 Å². The number of fused-ring (bicyclic) bond motifs is 2. The largest absolute Gasteiger partial charge is 0.474 e. The summed E-state index contributed by atoms with van der Waals surface area (Å²) in [6, 6.07) is 26.1. The van der Waals surface area contributed by atoms with Crippen molar-refractivity contribution in [2.75, 3.05) is 80.1 Å². The Kier molecular flexibility index (Phi) is 21.2. The highest BCUT2D eigenvalue weighted by molar-refractivity contribution is 6.28. The van der Waals surface area contributed by atoms with Crippen molar-refractivity contribution in [3.8, 4) is 11.8 Å². The van der Waals surface area contributed by atoms with Gasteiger partial charge in [0, 0.05) is 67.6 Å². The number of ether oxygens (including phenoxy) is 6. The fraction of sp³-hybridized carbons (Fsp3) is 0.508. The molecule has 3 aromatic carbocycles. The quantitative estimate of drug-likeness (QED) is 0.0520. The first-order valence-electron chi connectivity index (χ1n) is 28.7. The molecule has 8 N–H and O–H groups in total. The number of nitrogen functional groups attached to an aromatic ring is 1. The lowest BCUT2D eigenvalue weighted by molar-refractivity contribution is -0.0370. The van der Waals surface area contributed by atoms with E-state index in [1.807, 2.05) is 75.4 Å². The number of aliphatic hydroxyl groups is 1. The fourth-order valence-corrected chi connectivity index (χ4v) is 10.3. The number of aliphatic hydroxyl groups excluding tert-OH is 1. The molecule has 2 saturated carbocycles. The SMILES string of the molecule is CC(C)(C)OC(=O)NC1CCC(Oc2nc(Cl)nc3c2cnn3C2CCCCO2)CC1.NC1CCC(Oc2nc(Nc3ccc(N4CCOCC4)cc3)nc3[nH]ncc23)CC1.Nc1ccc(N2CCOCC2)cc1.OCc1ccccc1. The topological polar surface area (TPSA) is 273 Å². The Labute approximate surface area is 483 Å². The van der Waals surface area contributed by atoms with Crippen LogP contribution in [0.3, 0.4) is 0 Å².